The largest absolute Gasteiger partial charge is 0.309 e. The highest BCUT2D eigenvalue weighted by Gasteiger charge is 2.19. The summed E-state index contributed by atoms with van der Waals surface area (Å²) < 4.78 is 40.3. The van der Waals surface area contributed by atoms with E-state index in [0.717, 1.165) is 25.1 Å². The molecule has 2 heterocycles. The molecule has 0 amide bonds. The van der Waals surface area contributed by atoms with Gasteiger partial charge >= 0.3 is 0 Å². The molecule has 0 spiro atoms. The van der Waals surface area contributed by atoms with Crippen LogP contribution in [0.15, 0.2) is 30.3 Å². The summed E-state index contributed by atoms with van der Waals surface area (Å²) >= 11 is 0. The molecule has 2 aromatic rings. The first-order chi connectivity index (χ1) is 11.4. The summed E-state index contributed by atoms with van der Waals surface area (Å²) in [6, 6.07) is 7.92. The van der Waals surface area contributed by atoms with Crippen LogP contribution in [-0.2, 0) is 15.8 Å². The molecular formula is C16H19FN4O2S. The number of aromatic nitrogens is 2. The van der Waals surface area contributed by atoms with E-state index in [-0.39, 0.29) is 17.6 Å². The average Bonchev–Trinajstić information content (AvgIpc) is 3.05. The molecule has 1 atom stereocenters. The highest BCUT2D eigenvalue weighted by Crippen LogP contribution is 2.21. The Labute approximate surface area is 140 Å². The van der Waals surface area contributed by atoms with Crippen LogP contribution >= 0.6 is 0 Å². The fourth-order valence-corrected chi connectivity index (χ4v) is 3.78. The van der Waals surface area contributed by atoms with E-state index in [1.807, 2.05) is 0 Å². The molecule has 2 N–H and O–H groups in total. The molecule has 1 saturated heterocycles. The van der Waals surface area contributed by atoms with E-state index in [1.54, 1.807) is 31.2 Å². The molecule has 1 aliphatic rings. The van der Waals surface area contributed by atoms with E-state index in [0.29, 0.717) is 11.1 Å². The summed E-state index contributed by atoms with van der Waals surface area (Å²) in [5.74, 6) is -0.585. The quantitative estimate of drug-likeness (QED) is 0.864. The summed E-state index contributed by atoms with van der Waals surface area (Å²) in [6.07, 6.45) is 2.09. The molecule has 0 radical (unpaired) electrons. The average molecular weight is 350 g/mol. The van der Waals surface area contributed by atoms with Crippen LogP contribution < -0.4 is 10.0 Å². The fraction of sp³-hybridized carbons (Fsp3) is 0.375. The van der Waals surface area contributed by atoms with Gasteiger partial charge in [0, 0.05) is 0 Å². The molecule has 0 aliphatic carbocycles. The van der Waals surface area contributed by atoms with Crippen LogP contribution in [0.2, 0.25) is 0 Å². The second-order valence-electron chi connectivity index (χ2n) is 5.94. The molecule has 8 heteroatoms. The molecule has 1 aliphatic heterocycles. The smallest absolute Gasteiger partial charge is 0.238 e. The maximum Gasteiger partial charge on any atom is 0.238 e. The minimum Gasteiger partial charge on any atom is -0.309 e. The molecule has 0 saturated carbocycles. The van der Waals surface area contributed by atoms with Crippen LogP contribution in [0.5, 0.6) is 0 Å². The summed E-state index contributed by atoms with van der Waals surface area (Å²) in [6.45, 7) is 2.58. The second-order valence-corrected chi connectivity index (χ2v) is 7.66. The molecular weight excluding hydrogens is 331 g/mol. The zero-order valence-corrected chi connectivity index (χ0v) is 14.1. The first-order valence-electron chi connectivity index (χ1n) is 7.75. The van der Waals surface area contributed by atoms with Gasteiger partial charge in [-0.1, -0.05) is 12.1 Å². The van der Waals surface area contributed by atoms with Gasteiger partial charge in [0.15, 0.2) is 5.82 Å². The molecule has 24 heavy (non-hydrogen) atoms. The molecule has 1 aromatic heterocycles. The fourth-order valence-electron chi connectivity index (χ4n) is 2.66. The van der Waals surface area contributed by atoms with Crippen molar-refractivity contribution < 1.29 is 12.8 Å². The maximum absolute atomic E-state index is 13.5. The van der Waals surface area contributed by atoms with Gasteiger partial charge in [0.1, 0.15) is 5.82 Å². The lowest BCUT2D eigenvalue weighted by molar-refractivity contribution is 0.598. The second kappa shape index (κ2) is 6.82. The van der Waals surface area contributed by atoms with Crippen molar-refractivity contribution in [1.82, 2.24) is 15.5 Å². The van der Waals surface area contributed by atoms with Gasteiger partial charge in [-0.2, -0.15) is 5.10 Å². The number of halogens is 1. The van der Waals surface area contributed by atoms with Gasteiger partial charge in [-0.05, 0) is 55.6 Å². The van der Waals surface area contributed by atoms with E-state index in [4.69, 9.17) is 0 Å². The van der Waals surface area contributed by atoms with Gasteiger partial charge in [-0.15, -0.1) is 5.10 Å². The Hall–Kier alpha value is -2.06. The Bertz CT molecular complexity index is 818. The lowest BCUT2D eigenvalue weighted by atomic mass is 10.1. The lowest BCUT2D eigenvalue weighted by Gasteiger charge is -2.10. The highest BCUT2D eigenvalue weighted by molar-refractivity contribution is 7.91. The predicted octanol–water partition coefficient (Wildman–Crippen LogP) is 2.29. The van der Waals surface area contributed by atoms with Crippen LogP contribution in [0.25, 0.3) is 0 Å². The molecule has 1 aromatic carbocycles. The van der Waals surface area contributed by atoms with Crippen LogP contribution in [-0.4, -0.2) is 25.2 Å². The Morgan fingerprint density at radius 2 is 2.12 bits per heavy atom. The molecule has 0 bridgehead atoms. The monoisotopic (exact) mass is 350 g/mol. The number of nitrogens with zero attached hydrogens (tertiary/aromatic N) is 2. The van der Waals surface area contributed by atoms with Crippen molar-refractivity contribution in [2.75, 3.05) is 11.3 Å². The predicted molar refractivity (Wildman–Crippen MR) is 89.4 cm³/mol. The molecule has 1 fully saturated rings. The number of nitrogens with one attached hydrogen (secondary N) is 2. The Morgan fingerprint density at radius 1 is 1.29 bits per heavy atom. The van der Waals surface area contributed by atoms with Crippen molar-refractivity contribution in [3.63, 3.8) is 0 Å². The van der Waals surface area contributed by atoms with Crippen LogP contribution in [0, 0.1) is 12.7 Å². The third-order valence-corrected chi connectivity index (χ3v) is 5.19. The van der Waals surface area contributed by atoms with Crippen molar-refractivity contribution in [2.45, 2.75) is 31.6 Å². The standard InChI is InChI=1S/C16H19FN4O2S/c1-11-4-5-12(9-13(11)17)10-24(22,23)21-16-7-6-15(19-20-16)14-3-2-8-18-14/h4-7,9,14,18H,2-3,8,10H2,1H3,(H,20,21). The van der Waals surface area contributed by atoms with E-state index < -0.39 is 15.8 Å². The maximum atomic E-state index is 13.5. The Balaban J connectivity index is 1.68. The van der Waals surface area contributed by atoms with Crippen molar-refractivity contribution in [2.24, 2.45) is 0 Å². The third kappa shape index (κ3) is 4.07. The summed E-state index contributed by atoms with van der Waals surface area (Å²) in [7, 11) is -3.68. The zero-order valence-electron chi connectivity index (χ0n) is 13.3. The highest BCUT2D eigenvalue weighted by atomic mass is 32.2. The van der Waals surface area contributed by atoms with E-state index in [1.165, 1.54) is 6.07 Å². The molecule has 1 unspecified atom stereocenters. The normalized spacial score (nSPS) is 17.8. The van der Waals surface area contributed by atoms with Gasteiger partial charge < -0.3 is 5.32 Å². The van der Waals surface area contributed by atoms with Crippen molar-refractivity contribution in [3.05, 3.63) is 53.0 Å². The molecule has 3 rings (SSSR count). The van der Waals surface area contributed by atoms with Gasteiger partial charge in [-0.3, -0.25) is 4.72 Å². The number of sulfonamides is 1. The van der Waals surface area contributed by atoms with Crippen molar-refractivity contribution in [1.29, 1.82) is 0 Å². The number of rotatable bonds is 5. The van der Waals surface area contributed by atoms with Crippen LogP contribution in [0.3, 0.4) is 0 Å². The van der Waals surface area contributed by atoms with Gasteiger partial charge in [-0.25, -0.2) is 12.8 Å². The SMILES string of the molecule is Cc1ccc(CS(=O)(=O)Nc2ccc(C3CCCN3)nn2)cc1F. The molecule has 128 valence electrons. The van der Waals surface area contributed by atoms with Gasteiger partial charge in [0.2, 0.25) is 10.0 Å². The summed E-state index contributed by atoms with van der Waals surface area (Å²) in [5.41, 5.74) is 1.66. The first-order valence-corrected chi connectivity index (χ1v) is 9.41. The van der Waals surface area contributed by atoms with E-state index in [2.05, 4.69) is 20.2 Å². The Kier molecular flexibility index (Phi) is 4.77. The number of hydrogen-bond acceptors (Lipinski definition) is 5. The van der Waals surface area contributed by atoms with Crippen molar-refractivity contribution in [3.8, 4) is 0 Å². The van der Waals surface area contributed by atoms with E-state index in [9.17, 15) is 12.8 Å². The van der Waals surface area contributed by atoms with Crippen LogP contribution in [0.1, 0.15) is 35.7 Å². The van der Waals surface area contributed by atoms with Crippen LogP contribution in [0.4, 0.5) is 10.2 Å². The van der Waals surface area contributed by atoms with Crippen molar-refractivity contribution >= 4 is 15.8 Å². The summed E-state index contributed by atoms with van der Waals surface area (Å²) in [5, 5.41) is 11.3. The minimum absolute atomic E-state index is 0.157. The van der Waals surface area contributed by atoms with Gasteiger partial charge in [0.05, 0.1) is 17.5 Å². The Morgan fingerprint density at radius 3 is 2.75 bits per heavy atom. The van der Waals surface area contributed by atoms with E-state index >= 15 is 0 Å². The number of benzene rings is 1. The third-order valence-electron chi connectivity index (χ3n) is 3.96. The number of hydrogen-bond donors (Lipinski definition) is 2. The van der Waals surface area contributed by atoms with Gasteiger partial charge in [0.25, 0.3) is 0 Å². The summed E-state index contributed by atoms with van der Waals surface area (Å²) in [4.78, 5) is 0. The minimum atomic E-state index is -3.68. The first kappa shape index (κ1) is 16.8. The topological polar surface area (TPSA) is 84.0 Å². The zero-order chi connectivity index (χ0) is 17.2. The number of anilines is 1. The number of aryl methyl sites for hydroxylation is 1. The molecule has 6 nitrogen and oxygen atoms in total. The lowest BCUT2D eigenvalue weighted by Crippen LogP contribution is -2.18.